The predicted molar refractivity (Wildman–Crippen MR) is 312 cm³/mol. The largest absolute Gasteiger partial charge is 0.497 e. The molecule has 0 bridgehead atoms. The first-order valence-corrected chi connectivity index (χ1v) is 32.5. The molecule has 0 spiro atoms. The van der Waals surface area contributed by atoms with Gasteiger partial charge in [-0.05, 0) is 112 Å². The van der Waals surface area contributed by atoms with Crippen molar-refractivity contribution in [2.45, 2.75) is 233 Å². The zero-order valence-corrected chi connectivity index (χ0v) is 53.3. The van der Waals surface area contributed by atoms with Crippen molar-refractivity contribution in [2.24, 2.45) is 23.7 Å². The van der Waals surface area contributed by atoms with E-state index in [1.807, 2.05) is 34.6 Å². The molecule has 21 nitrogen and oxygen atoms in total. The van der Waals surface area contributed by atoms with E-state index in [2.05, 4.69) is 49.8 Å². The summed E-state index contributed by atoms with van der Waals surface area (Å²) in [6, 6.07) is -1.71. The number of aliphatic hydroxyl groups excluding tert-OH is 1. The van der Waals surface area contributed by atoms with Crippen molar-refractivity contribution in [3.63, 3.8) is 0 Å². The molecular weight excluding hydrogens is 1070 g/mol. The minimum absolute atomic E-state index is 0.0914. The number of amides is 7. The number of nitrogens with zero attached hydrogens (tertiary/aromatic N) is 4. The third-order valence-electron chi connectivity index (χ3n) is 16.9. The predicted octanol–water partition coefficient (Wildman–Crippen LogP) is 5.14. The van der Waals surface area contributed by atoms with E-state index in [0.717, 1.165) is 0 Å². The summed E-state index contributed by atoms with van der Waals surface area (Å²) in [7, 11) is 2.03. The Hall–Kier alpha value is -5.61. The van der Waals surface area contributed by atoms with Gasteiger partial charge in [0, 0.05) is 33.6 Å². The van der Waals surface area contributed by atoms with Crippen LogP contribution in [0.1, 0.15) is 147 Å². The Morgan fingerprint density at radius 3 is 2.06 bits per heavy atom. The SMILES string of the molecule is CC[C@H](C)[C@H]1NC(=O)[C@@H](NC(=O)[C@@H](CC(C)C)N(C)C(=O)[C@@H]2CCCN2C(=O)[C@@H](C)O[Si](C)(C)C(C)(C)C)[C@@H](C)OC(=O)[C@H](Cc2ccc(OC)cc2)N(C)C(=O)[C@@H]2CCCN2C(=O)[C@H](CC(C)C)NC(=O)[C@H](C(C)C)OC(=O)C[C@@H]1O. The van der Waals surface area contributed by atoms with Crippen LogP contribution in [-0.2, 0) is 63.5 Å². The number of benzene rings is 1. The molecule has 462 valence electrons. The lowest BCUT2D eigenvalue weighted by molar-refractivity contribution is -0.162. The molecule has 4 N–H and O–H groups in total. The van der Waals surface area contributed by atoms with E-state index in [9.17, 15) is 33.9 Å². The van der Waals surface area contributed by atoms with Crippen LogP contribution in [0, 0.1) is 23.7 Å². The first-order valence-electron chi connectivity index (χ1n) is 29.6. The number of likely N-dealkylation sites (tertiary alicyclic amines) is 1. The van der Waals surface area contributed by atoms with Crippen molar-refractivity contribution < 1.29 is 66.9 Å². The Kier molecular flexibility index (Phi) is 25.0. The smallest absolute Gasteiger partial charge is 0.329 e. The molecule has 3 aliphatic heterocycles. The second kappa shape index (κ2) is 29.8. The highest BCUT2D eigenvalue weighted by Gasteiger charge is 2.47. The number of aliphatic hydroxyl groups is 1. The number of ether oxygens (including phenoxy) is 3. The van der Waals surface area contributed by atoms with Crippen LogP contribution in [0.4, 0.5) is 0 Å². The van der Waals surface area contributed by atoms with E-state index in [-0.39, 0.29) is 55.0 Å². The van der Waals surface area contributed by atoms with Gasteiger partial charge in [-0.15, -0.1) is 0 Å². The lowest BCUT2D eigenvalue weighted by Crippen LogP contribution is -2.62. The molecule has 3 heterocycles. The zero-order chi connectivity index (χ0) is 61.9. The van der Waals surface area contributed by atoms with Crippen molar-refractivity contribution in [2.75, 3.05) is 34.3 Å². The molecule has 0 radical (unpaired) electrons. The Balaban J connectivity index is 1.84. The fourth-order valence-electron chi connectivity index (χ4n) is 10.7. The fraction of sp³-hybridized carbons (Fsp3) is 0.750. The lowest BCUT2D eigenvalue weighted by Gasteiger charge is -2.39. The van der Waals surface area contributed by atoms with Gasteiger partial charge in [0.05, 0.1) is 25.7 Å². The summed E-state index contributed by atoms with van der Waals surface area (Å²) in [6.07, 6.45) is -3.84. The van der Waals surface area contributed by atoms with Gasteiger partial charge in [0.15, 0.2) is 14.4 Å². The highest BCUT2D eigenvalue weighted by molar-refractivity contribution is 6.74. The molecular formula is C60H99N7O14Si. The third kappa shape index (κ3) is 17.7. The fourth-order valence-corrected chi connectivity index (χ4v) is 12.1. The number of fused-ring (bicyclic) bond motifs is 1. The van der Waals surface area contributed by atoms with Gasteiger partial charge >= 0.3 is 11.9 Å². The van der Waals surface area contributed by atoms with Crippen LogP contribution >= 0.6 is 0 Å². The van der Waals surface area contributed by atoms with Crippen molar-refractivity contribution in [1.82, 2.24) is 35.6 Å². The van der Waals surface area contributed by atoms with E-state index in [4.69, 9.17) is 18.6 Å². The van der Waals surface area contributed by atoms with E-state index >= 15 is 14.4 Å². The number of esters is 2. The van der Waals surface area contributed by atoms with Gasteiger partial charge in [0.25, 0.3) is 11.8 Å². The molecule has 3 saturated heterocycles. The van der Waals surface area contributed by atoms with Gasteiger partial charge in [-0.25, -0.2) is 4.79 Å². The van der Waals surface area contributed by atoms with E-state index < -0.39 is 141 Å². The average Bonchev–Trinajstić information content (AvgIpc) is 4.29. The van der Waals surface area contributed by atoms with Gasteiger partial charge < -0.3 is 59.3 Å². The molecule has 22 heteroatoms. The quantitative estimate of drug-likeness (QED) is 0.116. The minimum atomic E-state index is -2.39. The van der Waals surface area contributed by atoms with E-state index in [1.165, 1.54) is 47.7 Å². The van der Waals surface area contributed by atoms with Gasteiger partial charge in [0.1, 0.15) is 54.2 Å². The van der Waals surface area contributed by atoms with Crippen LogP contribution in [0.2, 0.25) is 18.1 Å². The number of carbonyl (C=O) groups is 9. The molecule has 1 aromatic rings. The summed E-state index contributed by atoms with van der Waals surface area (Å²) < 4.78 is 23.8. The molecule has 12 atom stereocenters. The Morgan fingerprint density at radius 1 is 0.878 bits per heavy atom. The summed E-state index contributed by atoms with van der Waals surface area (Å²) in [6.45, 7) is 28.3. The maximum atomic E-state index is 15.1. The molecule has 4 rings (SSSR count). The summed E-state index contributed by atoms with van der Waals surface area (Å²) in [5.74, 6) is -7.13. The zero-order valence-electron chi connectivity index (χ0n) is 52.3. The molecule has 0 unspecified atom stereocenters. The summed E-state index contributed by atoms with van der Waals surface area (Å²) in [5.41, 5.74) is 0.605. The van der Waals surface area contributed by atoms with E-state index in [1.54, 1.807) is 52.0 Å². The van der Waals surface area contributed by atoms with Gasteiger partial charge in [-0.2, -0.15) is 0 Å². The standard InChI is InChI=1S/C60H99N7O14Si/c1-19-37(8)49-47(68)33-48(69)80-51(36(6)7)54(72)61-42(30-34(2)3)56(74)67-29-21-23-44(67)58(76)65(15)46(32-40-24-26-41(78-16)27-25-40)59(77)79-38(9)50(53(71)62-49)63-52(70)45(31-35(4)5)64(14)57(75)43-22-20-28-66(43)55(73)39(10)81-82(17,18)60(11,12)13/h24-27,34-39,42-47,49-51,68H,19-23,28-33H2,1-18H3,(H,61,72)(H,62,71)(H,63,70)/t37-,38+,39+,42-,43-,44-,45+,46-,47-,49+,50-,51-/m0/s1. The van der Waals surface area contributed by atoms with Crippen LogP contribution in [0.15, 0.2) is 24.3 Å². The molecule has 1 aromatic carbocycles. The van der Waals surface area contributed by atoms with Crippen LogP contribution in [0.25, 0.3) is 0 Å². The van der Waals surface area contributed by atoms with Crippen LogP contribution in [0.5, 0.6) is 5.75 Å². The Labute approximate surface area is 488 Å². The second-order valence-electron chi connectivity index (χ2n) is 25.7. The monoisotopic (exact) mass is 1170 g/mol. The Bertz CT molecular complexity index is 2400. The van der Waals surface area contributed by atoms with Gasteiger partial charge in [-0.3, -0.25) is 38.4 Å². The number of hydrogen-bond donors (Lipinski definition) is 4. The molecule has 3 aliphatic rings. The Morgan fingerprint density at radius 2 is 1.50 bits per heavy atom. The highest BCUT2D eigenvalue weighted by atomic mass is 28.4. The van der Waals surface area contributed by atoms with Crippen LogP contribution in [-0.4, -0.2) is 187 Å². The number of nitrogens with one attached hydrogen (secondary N) is 3. The molecule has 7 amide bonds. The number of hydrogen-bond acceptors (Lipinski definition) is 14. The molecule has 0 saturated carbocycles. The number of rotatable bonds is 17. The van der Waals surface area contributed by atoms with Crippen LogP contribution in [0.3, 0.4) is 0 Å². The van der Waals surface area contributed by atoms with Crippen molar-refractivity contribution >= 4 is 61.6 Å². The summed E-state index contributed by atoms with van der Waals surface area (Å²) in [5, 5.41) is 20.2. The first kappa shape index (κ1) is 68.9. The van der Waals surface area contributed by atoms with E-state index in [0.29, 0.717) is 43.5 Å². The lowest BCUT2D eigenvalue weighted by atomic mass is 9.92. The molecule has 3 fully saturated rings. The average molecular weight is 1170 g/mol. The summed E-state index contributed by atoms with van der Waals surface area (Å²) >= 11 is 0. The van der Waals surface area contributed by atoms with Crippen molar-refractivity contribution in [3.05, 3.63) is 29.8 Å². The summed E-state index contributed by atoms with van der Waals surface area (Å²) in [4.78, 5) is 137. The molecule has 0 aromatic heterocycles. The topological polar surface area (TPSA) is 260 Å². The van der Waals surface area contributed by atoms with Crippen molar-refractivity contribution in [3.8, 4) is 5.75 Å². The third-order valence-corrected chi connectivity index (χ3v) is 21.5. The van der Waals surface area contributed by atoms with Gasteiger partial charge in [-0.1, -0.05) is 94.7 Å². The number of cyclic esters (lactones) is 2. The van der Waals surface area contributed by atoms with Crippen LogP contribution < -0.4 is 20.7 Å². The number of carbonyl (C=O) groups excluding carboxylic acids is 9. The minimum Gasteiger partial charge on any atom is -0.497 e. The maximum absolute atomic E-state index is 15.1. The highest BCUT2D eigenvalue weighted by Crippen LogP contribution is 2.38. The maximum Gasteiger partial charge on any atom is 0.329 e. The molecule has 0 aliphatic carbocycles. The molecule has 82 heavy (non-hydrogen) atoms. The van der Waals surface area contributed by atoms with Gasteiger partial charge in [0.2, 0.25) is 29.5 Å². The second-order valence-corrected chi connectivity index (χ2v) is 30.4. The number of methoxy groups -OCH3 is 1. The first-order chi connectivity index (χ1) is 38.1. The number of likely N-dealkylation sites (N-methyl/N-ethyl adjacent to an activating group) is 2. The van der Waals surface area contributed by atoms with Crippen molar-refractivity contribution in [1.29, 1.82) is 0 Å². The normalized spacial score (nSPS) is 26.3.